The van der Waals surface area contributed by atoms with Gasteiger partial charge in [0.15, 0.2) is 0 Å². The third-order valence-corrected chi connectivity index (χ3v) is 3.36. The quantitative estimate of drug-likeness (QED) is 0.875. The van der Waals surface area contributed by atoms with E-state index in [-0.39, 0.29) is 0 Å². The Bertz CT molecular complexity index is 379. The molecule has 0 aliphatic carbocycles. The smallest absolute Gasteiger partial charge is 0.0878 e. The van der Waals surface area contributed by atoms with Gasteiger partial charge in [-0.1, -0.05) is 11.6 Å². The second-order valence-electron chi connectivity index (χ2n) is 4.53. The molecule has 2 rings (SSSR count). The maximum Gasteiger partial charge on any atom is 0.0878 e. The first-order chi connectivity index (χ1) is 7.58. The molecule has 1 aliphatic rings. The van der Waals surface area contributed by atoms with Crippen molar-refractivity contribution in [3.8, 4) is 0 Å². The minimum Gasteiger partial charge on any atom is -0.366 e. The number of hydrogen-bond acceptors (Lipinski definition) is 3. The fourth-order valence-corrected chi connectivity index (χ4v) is 1.99. The van der Waals surface area contributed by atoms with Crippen molar-refractivity contribution >= 4 is 23.0 Å². The summed E-state index contributed by atoms with van der Waals surface area (Å²) in [5.74, 6) is 0. The van der Waals surface area contributed by atoms with E-state index in [1.165, 1.54) is 11.4 Å². The van der Waals surface area contributed by atoms with Crippen LogP contribution in [0.5, 0.6) is 0 Å². The van der Waals surface area contributed by atoms with Crippen molar-refractivity contribution in [1.82, 2.24) is 4.90 Å². The van der Waals surface area contributed by atoms with Crippen LogP contribution < -0.4 is 10.2 Å². The Morgan fingerprint density at radius 2 is 2.25 bits per heavy atom. The molecule has 1 atom stereocenters. The number of halogens is 1. The summed E-state index contributed by atoms with van der Waals surface area (Å²) in [4.78, 5) is 4.55. The number of anilines is 2. The molecule has 1 aromatic rings. The largest absolute Gasteiger partial charge is 0.366 e. The van der Waals surface area contributed by atoms with Crippen molar-refractivity contribution in [2.75, 3.05) is 37.5 Å². The number of fused-ring (bicyclic) bond motifs is 1. The zero-order valence-electron chi connectivity index (χ0n) is 10.00. The van der Waals surface area contributed by atoms with E-state index in [9.17, 15) is 0 Å². The van der Waals surface area contributed by atoms with Gasteiger partial charge in [0.05, 0.1) is 18.0 Å². The van der Waals surface area contributed by atoms with Crippen LogP contribution >= 0.6 is 11.6 Å². The molecule has 0 aromatic heterocycles. The van der Waals surface area contributed by atoms with Crippen LogP contribution in [0.2, 0.25) is 5.02 Å². The van der Waals surface area contributed by atoms with E-state index in [1.807, 2.05) is 18.2 Å². The molecule has 3 nitrogen and oxygen atoms in total. The topological polar surface area (TPSA) is 18.5 Å². The van der Waals surface area contributed by atoms with E-state index < -0.39 is 0 Å². The highest BCUT2D eigenvalue weighted by molar-refractivity contribution is 6.31. The van der Waals surface area contributed by atoms with Crippen LogP contribution in [-0.4, -0.2) is 38.3 Å². The highest BCUT2D eigenvalue weighted by Crippen LogP contribution is 2.33. The first-order valence-electron chi connectivity index (χ1n) is 5.52. The molecule has 1 unspecified atom stereocenters. The van der Waals surface area contributed by atoms with Crippen molar-refractivity contribution in [1.29, 1.82) is 0 Å². The second-order valence-corrected chi connectivity index (χ2v) is 4.97. The van der Waals surface area contributed by atoms with E-state index in [0.717, 1.165) is 18.2 Å². The maximum absolute atomic E-state index is 6.02. The van der Waals surface area contributed by atoms with Gasteiger partial charge in [0.25, 0.3) is 0 Å². The second kappa shape index (κ2) is 4.52. The van der Waals surface area contributed by atoms with Crippen molar-refractivity contribution < 1.29 is 0 Å². The molecule has 88 valence electrons. The van der Waals surface area contributed by atoms with Gasteiger partial charge in [-0.15, -0.1) is 0 Å². The third kappa shape index (κ3) is 2.25. The molecule has 0 spiro atoms. The van der Waals surface area contributed by atoms with Gasteiger partial charge in [-0.2, -0.15) is 0 Å². The fraction of sp³-hybridized carbons (Fsp3) is 0.500. The first kappa shape index (κ1) is 11.6. The van der Waals surface area contributed by atoms with E-state index >= 15 is 0 Å². The summed E-state index contributed by atoms with van der Waals surface area (Å²) in [7, 11) is 4.21. The first-order valence-corrected chi connectivity index (χ1v) is 5.90. The van der Waals surface area contributed by atoms with Crippen molar-refractivity contribution in [2.45, 2.75) is 13.0 Å². The van der Waals surface area contributed by atoms with Crippen LogP contribution in [0.3, 0.4) is 0 Å². The van der Waals surface area contributed by atoms with Crippen LogP contribution in [0, 0.1) is 0 Å². The number of nitrogens with zero attached hydrogens (tertiary/aromatic N) is 2. The Labute approximate surface area is 102 Å². The number of likely N-dealkylation sites (N-methyl/N-ethyl adjacent to an activating group) is 1. The van der Waals surface area contributed by atoms with Crippen molar-refractivity contribution in [3.63, 3.8) is 0 Å². The molecule has 1 aliphatic heterocycles. The Balaban J connectivity index is 2.14. The molecule has 1 N–H and O–H groups in total. The average molecular weight is 240 g/mol. The SMILES string of the molecule is CC(CN1CNc2ccc(Cl)cc21)N(C)C. The lowest BCUT2D eigenvalue weighted by atomic mass is 10.2. The molecular weight excluding hydrogens is 222 g/mol. The molecule has 1 heterocycles. The molecular formula is C12H18ClN3. The monoisotopic (exact) mass is 239 g/mol. The molecule has 0 saturated carbocycles. The molecule has 0 bridgehead atoms. The van der Waals surface area contributed by atoms with Crippen LogP contribution in [-0.2, 0) is 0 Å². The predicted octanol–water partition coefficient (Wildman–Crippen LogP) is 2.48. The predicted molar refractivity (Wildman–Crippen MR) is 70.4 cm³/mol. The van der Waals surface area contributed by atoms with Gasteiger partial charge in [0.1, 0.15) is 0 Å². The zero-order valence-corrected chi connectivity index (χ0v) is 10.8. The maximum atomic E-state index is 6.02. The van der Waals surface area contributed by atoms with Gasteiger partial charge < -0.3 is 15.1 Å². The Hall–Kier alpha value is -0.930. The Kier molecular flexibility index (Phi) is 3.26. The molecule has 0 fully saturated rings. The molecule has 1 aromatic carbocycles. The number of rotatable bonds is 3. The Morgan fingerprint density at radius 3 is 2.94 bits per heavy atom. The lowest BCUT2D eigenvalue weighted by molar-refractivity contribution is 0.316. The summed E-state index contributed by atoms with van der Waals surface area (Å²) in [6.07, 6.45) is 0. The minimum atomic E-state index is 0.520. The van der Waals surface area contributed by atoms with Crippen LogP contribution in [0.15, 0.2) is 18.2 Å². The highest BCUT2D eigenvalue weighted by atomic mass is 35.5. The van der Waals surface area contributed by atoms with Crippen LogP contribution in [0.25, 0.3) is 0 Å². The van der Waals surface area contributed by atoms with Crippen LogP contribution in [0.4, 0.5) is 11.4 Å². The normalized spacial score (nSPS) is 16.2. The van der Waals surface area contributed by atoms with Gasteiger partial charge in [-0.3, -0.25) is 0 Å². The van der Waals surface area contributed by atoms with Crippen molar-refractivity contribution in [3.05, 3.63) is 23.2 Å². The summed E-state index contributed by atoms with van der Waals surface area (Å²) in [5, 5.41) is 4.17. The van der Waals surface area contributed by atoms with E-state index in [1.54, 1.807) is 0 Å². The lowest BCUT2D eigenvalue weighted by Crippen LogP contribution is -2.38. The average Bonchev–Trinajstić information content (AvgIpc) is 2.61. The Morgan fingerprint density at radius 1 is 1.50 bits per heavy atom. The molecule has 4 heteroatoms. The van der Waals surface area contributed by atoms with Gasteiger partial charge in [-0.25, -0.2) is 0 Å². The standard InChI is InChI=1S/C12H18ClN3/c1-9(15(2)3)7-16-8-14-11-5-4-10(13)6-12(11)16/h4-6,9,14H,7-8H2,1-3H3. The number of hydrogen-bond donors (Lipinski definition) is 1. The summed E-state index contributed by atoms with van der Waals surface area (Å²) in [5.41, 5.74) is 2.39. The van der Waals surface area contributed by atoms with E-state index in [0.29, 0.717) is 6.04 Å². The summed E-state index contributed by atoms with van der Waals surface area (Å²) < 4.78 is 0. The van der Waals surface area contributed by atoms with Gasteiger partial charge in [-0.05, 0) is 39.2 Å². The summed E-state index contributed by atoms with van der Waals surface area (Å²) in [6.45, 7) is 4.10. The molecule has 0 amide bonds. The van der Waals surface area contributed by atoms with E-state index in [4.69, 9.17) is 11.6 Å². The van der Waals surface area contributed by atoms with Crippen molar-refractivity contribution in [2.24, 2.45) is 0 Å². The summed E-state index contributed by atoms with van der Waals surface area (Å²) in [6, 6.07) is 6.51. The number of benzene rings is 1. The lowest BCUT2D eigenvalue weighted by Gasteiger charge is -2.26. The molecule has 0 radical (unpaired) electrons. The molecule has 0 saturated heterocycles. The van der Waals surface area contributed by atoms with Gasteiger partial charge in [0, 0.05) is 17.6 Å². The minimum absolute atomic E-state index is 0.520. The third-order valence-electron chi connectivity index (χ3n) is 3.13. The van der Waals surface area contributed by atoms with E-state index in [2.05, 4.69) is 36.1 Å². The fourth-order valence-electron chi connectivity index (χ4n) is 1.83. The van der Waals surface area contributed by atoms with Gasteiger partial charge in [0.2, 0.25) is 0 Å². The van der Waals surface area contributed by atoms with Crippen LogP contribution in [0.1, 0.15) is 6.92 Å². The van der Waals surface area contributed by atoms with Gasteiger partial charge >= 0.3 is 0 Å². The number of nitrogens with one attached hydrogen (secondary N) is 1. The summed E-state index contributed by atoms with van der Waals surface area (Å²) >= 11 is 6.02. The molecule has 16 heavy (non-hydrogen) atoms. The zero-order chi connectivity index (χ0) is 11.7. The highest BCUT2D eigenvalue weighted by Gasteiger charge is 2.20.